The van der Waals surface area contributed by atoms with Crippen molar-refractivity contribution in [3.63, 3.8) is 0 Å². The highest BCUT2D eigenvalue weighted by molar-refractivity contribution is 7.10. The number of hydrogen-bond acceptors (Lipinski definition) is 6. The predicted molar refractivity (Wildman–Crippen MR) is 96.4 cm³/mol. The molecule has 0 atom stereocenters. The minimum absolute atomic E-state index is 0.195. The second-order valence-electron chi connectivity index (χ2n) is 5.84. The third kappa shape index (κ3) is 3.33. The Morgan fingerprint density at radius 3 is 2.42 bits per heavy atom. The van der Waals surface area contributed by atoms with Gasteiger partial charge in [0.05, 0.1) is 5.69 Å². The van der Waals surface area contributed by atoms with Gasteiger partial charge in [-0.25, -0.2) is 4.79 Å². The largest absolute Gasteiger partial charge is 0.454 e. The highest BCUT2D eigenvalue weighted by atomic mass is 32.1. The van der Waals surface area contributed by atoms with E-state index >= 15 is 0 Å². The Hall–Kier alpha value is -2.21. The van der Waals surface area contributed by atoms with Gasteiger partial charge in [0.15, 0.2) is 6.61 Å². The number of carbonyl (C=O) groups excluding carboxylic acids is 2. The molecular formula is C18H22N2O3S. The zero-order chi connectivity index (χ0) is 18.0. The summed E-state index contributed by atoms with van der Waals surface area (Å²) < 4.78 is 9.36. The van der Waals surface area contributed by atoms with Gasteiger partial charge in [0.25, 0.3) is 0 Å². The lowest BCUT2D eigenvalue weighted by Gasteiger charge is -2.13. The standard InChI is InChI=1S/C18H22N2O3S/c1-9-7-14(12(4)11(3)10(9)2)15(21)8-23-18(22)16-13(5)20-24-17(16)19-6/h7,19H,8H2,1-6H3. The van der Waals surface area contributed by atoms with Crippen LogP contribution >= 0.6 is 11.5 Å². The van der Waals surface area contributed by atoms with Gasteiger partial charge in [0.1, 0.15) is 10.6 Å². The molecule has 0 amide bonds. The van der Waals surface area contributed by atoms with Crippen LogP contribution in [0.1, 0.15) is 48.7 Å². The number of ether oxygens (including phenoxy) is 1. The Morgan fingerprint density at radius 2 is 1.79 bits per heavy atom. The van der Waals surface area contributed by atoms with Gasteiger partial charge < -0.3 is 10.1 Å². The van der Waals surface area contributed by atoms with Crippen LogP contribution in [0.5, 0.6) is 0 Å². The maximum absolute atomic E-state index is 12.5. The summed E-state index contributed by atoms with van der Waals surface area (Å²) in [5, 5.41) is 3.56. The fraction of sp³-hybridized carbons (Fsp3) is 0.389. The van der Waals surface area contributed by atoms with Crippen molar-refractivity contribution in [2.24, 2.45) is 0 Å². The number of hydrogen-bond donors (Lipinski definition) is 1. The molecule has 5 nitrogen and oxygen atoms in total. The molecule has 0 spiro atoms. The number of aryl methyl sites for hydroxylation is 2. The van der Waals surface area contributed by atoms with Crippen molar-refractivity contribution in [2.75, 3.05) is 19.0 Å². The molecule has 2 rings (SSSR count). The zero-order valence-electron chi connectivity index (χ0n) is 14.9. The summed E-state index contributed by atoms with van der Waals surface area (Å²) in [6.07, 6.45) is 0. The quantitative estimate of drug-likeness (QED) is 0.659. The van der Waals surface area contributed by atoms with Gasteiger partial charge in [-0.15, -0.1) is 0 Å². The van der Waals surface area contributed by atoms with E-state index in [4.69, 9.17) is 4.74 Å². The molecule has 1 heterocycles. The lowest BCUT2D eigenvalue weighted by molar-refractivity contribution is 0.0475. The van der Waals surface area contributed by atoms with Crippen molar-refractivity contribution >= 4 is 28.3 Å². The molecule has 6 heteroatoms. The van der Waals surface area contributed by atoms with E-state index in [9.17, 15) is 9.59 Å². The number of rotatable bonds is 5. The molecule has 0 saturated heterocycles. The van der Waals surface area contributed by atoms with Crippen LogP contribution in [0.25, 0.3) is 0 Å². The summed E-state index contributed by atoms with van der Waals surface area (Å²) >= 11 is 1.20. The molecule has 128 valence electrons. The second-order valence-corrected chi connectivity index (χ2v) is 6.61. The van der Waals surface area contributed by atoms with Gasteiger partial charge in [0, 0.05) is 12.6 Å². The molecule has 1 aromatic heterocycles. The third-order valence-electron chi connectivity index (χ3n) is 4.41. The second kappa shape index (κ2) is 7.13. The average molecular weight is 346 g/mol. The fourth-order valence-corrected chi connectivity index (χ4v) is 3.30. The number of benzene rings is 1. The number of nitrogens with zero attached hydrogens (tertiary/aromatic N) is 1. The summed E-state index contributed by atoms with van der Waals surface area (Å²) in [7, 11) is 1.72. The number of aromatic nitrogens is 1. The van der Waals surface area contributed by atoms with E-state index in [1.807, 2.05) is 33.8 Å². The van der Waals surface area contributed by atoms with E-state index < -0.39 is 5.97 Å². The normalized spacial score (nSPS) is 10.6. The molecule has 0 radical (unpaired) electrons. The van der Waals surface area contributed by atoms with E-state index in [1.165, 1.54) is 17.1 Å². The van der Waals surface area contributed by atoms with Crippen LogP contribution in [-0.2, 0) is 4.74 Å². The summed E-state index contributed by atoms with van der Waals surface area (Å²) in [6.45, 7) is 9.40. The summed E-state index contributed by atoms with van der Waals surface area (Å²) in [5.74, 6) is -0.726. The molecule has 2 aromatic rings. The predicted octanol–water partition coefficient (Wildman–Crippen LogP) is 3.77. The minimum atomic E-state index is -0.530. The van der Waals surface area contributed by atoms with E-state index in [2.05, 4.69) is 9.69 Å². The molecule has 0 aliphatic heterocycles. The molecular weight excluding hydrogens is 324 g/mol. The van der Waals surface area contributed by atoms with E-state index in [-0.39, 0.29) is 12.4 Å². The van der Waals surface area contributed by atoms with Crippen molar-refractivity contribution < 1.29 is 14.3 Å². The van der Waals surface area contributed by atoms with Gasteiger partial charge >= 0.3 is 5.97 Å². The molecule has 0 fully saturated rings. The van der Waals surface area contributed by atoms with E-state index in [0.29, 0.717) is 21.8 Å². The SMILES string of the molecule is CNc1snc(C)c1C(=O)OCC(=O)c1cc(C)c(C)c(C)c1C. The molecule has 0 aliphatic carbocycles. The van der Waals surface area contributed by atoms with Gasteiger partial charge in [-0.1, -0.05) is 0 Å². The molecule has 0 saturated carbocycles. The molecule has 0 aliphatic rings. The number of carbonyl (C=O) groups is 2. The molecule has 1 N–H and O–H groups in total. The van der Waals surface area contributed by atoms with Crippen molar-refractivity contribution in [3.05, 3.63) is 45.1 Å². The first-order chi connectivity index (χ1) is 11.3. The van der Waals surface area contributed by atoms with Crippen LogP contribution in [0.4, 0.5) is 5.00 Å². The topological polar surface area (TPSA) is 68.3 Å². The Morgan fingerprint density at radius 1 is 1.12 bits per heavy atom. The van der Waals surface area contributed by atoms with Crippen molar-refractivity contribution in [2.45, 2.75) is 34.6 Å². The Bertz CT molecular complexity index is 809. The number of nitrogens with one attached hydrogen (secondary N) is 1. The number of anilines is 1. The van der Waals surface area contributed by atoms with Gasteiger partial charge in [-0.3, -0.25) is 4.79 Å². The lowest BCUT2D eigenvalue weighted by Crippen LogP contribution is -2.17. The fourth-order valence-electron chi connectivity index (χ4n) is 2.56. The molecule has 0 bridgehead atoms. The van der Waals surface area contributed by atoms with E-state index in [1.54, 1.807) is 14.0 Å². The Kier molecular flexibility index (Phi) is 5.39. The summed E-state index contributed by atoms with van der Waals surface area (Å²) in [5.41, 5.74) is 5.87. The lowest BCUT2D eigenvalue weighted by atomic mass is 9.93. The monoisotopic (exact) mass is 346 g/mol. The minimum Gasteiger partial charge on any atom is -0.454 e. The van der Waals surface area contributed by atoms with Crippen LogP contribution in [0.15, 0.2) is 6.07 Å². The number of esters is 1. The van der Waals surface area contributed by atoms with Crippen molar-refractivity contribution in [3.8, 4) is 0 Å². The van der Waals surface area contributed by atoms with E-state index in [0.717, 1.165) is 16.7 Å². The molecule has 24 heavy (non-hydrogen) atoms. The molecule has 0 unspecified atom stereocenters. The van der Waals surface area contributed by atoms with Crippen molar-refractivity contribution in [1.82, 2.24) is 4.37 Å². The van der Waals surface area contributed by atoms with Gasteiger partial charge in [-0.2, -0.15) is 4.37 Å². The first-order valence-electron chi connectivity index (χ1n) is 7.69. The maximum Gasteiger partial charge on any atom is 0.343 e. The van der Waals surface area contributed by atoms with Crippen LogP contribution < -0.4 is 5.32 Å². The van der Waals surface area contributed by atoms with Crippen LogP contribution in [0.2, 0.25) is 0 Å². The Balaban J connectivity index is 2.17. The van der Waals surface area contributed by atoms with Crippen LogP contribution in [0.3, 0.4) is 0 Å². The first-order valence-corrected chi connectivity index (χ1v) is 8.47. The number of Topliss-reactive ketones (excluding diaryl/α,β-unsaturated/α-hetero) is 1. The van der Waals surface area contributed by atoms with Crippen molar-refractivity contribution in [1.29, 1.82) is 0 Å². The molecule has 1 aromatic carbocycles. The average Bonchev–Trinajstić information content (AvgIpc) is 2.94. The first kappa shape index (κ1) is 18.1. The van der Waals surface area contributed by atoms with Crippen LogP contribution in [0, 0.1) is 34.6 Å². The van der Waals surface area contributed by atoms with Crippen LogP contribution in [-0.4, -0.2) is 29.8 Å². The van der Waals surface area contributed by atoms with Gasteiger partial charge in [-0.05, 0) is 74.5 Å². The maximum atomic E-state index is 12.5. The summed E-state index contributed by atoms with van der Waals surface area (Å²) in [4.78, 5) is 24.8. The highest BCUT2D eigenvalue weighted by Crippen LogP contribution is 2.25. The Labute approximate surface area is 146 Å². The summed E-state index contributed by atoms with van der Waals surface area (Å²) in [6, 6.07) is 1.87. The highest BCUT2D eigenvalue weighted by Gasteiger charge is 2.21. The smallest absolute Gasteiger partial charge is 0.343 e. The third-order valence-corrected chi connectivity index (χ3v) is 5.37. The zero-order valence-corrected chi connectivity index (χ0v) is 15.7. The number of ketones is 1. The van der Waals surface area contributed by atoms with Gasteiger partial charge in [0.2, 0.25) is 5.78 Å².